The van der Waals surface area contributed by atoms with Crippen LogP contribution in [0.2, 0.25) is 0 Å². The van der Waals surface area contributed by atoms with Gasteiger partial charge in [0.05, 0.1) is 36.5 Å². The van der Waals surface area contributed by atoms with Gasteiger partial charge in [0.2, 0.25) is 5.91 Å². The summed E-state index contributed by atoms with van der Waals surface area (Å²) in [5, 5.41) is 2.82. The average molecular weight is 236 g/mol. The monoisotopic (exact) mass is 236 g/mol. The largest absolute Gasteiger partial charge is 0.378 e. The van der Waals surface area contributed by atoms with E-state index in [9.17, 15) is 9.18 Å². The summed E-state index contributed by atoms with van der Waals surface area (Å²) in [6.07, 6.45) is 0. The van der Waals surface area contributed by atoms with Gasteiger partial charge in [-0.05, 0) is 18.2 Å². The van der Waals surface area contributed by atoms with Gasteiger partial charge in [0.25, 0.3) is 0 Å². The molecule has 0 aromatic heterocycles. The average Bonchev–Trinajstić information content (AvgIpc) is 2.76. The Hall–Kier alpha value is -1.62. The maximum absolute atomic E-state index is 13.3. The lowest BCUT2D eigenvalue weighted by atomic mass is 10.0. The van der Waals surface area contributed by atoms with E-state index < -0.39 is 0 Å². The Kier molecular flexibility index (Phi) is 2.29. The third-order valence-electron chi connectivity index (χ3n) is 3.48. The number of anilines is 2. The molecule has 1 fully saturated rings. The summed E-state index contributed by atoms with van der Waals surface area (Å²) >= 11 is 0. The first kappa shape index (κ1) is 10.5. The van der Waals surface area contributed by atoms with Gasteiger partial charge >= 0.3 is 0 Å². The van der Waals surface area contributed by atoms with Gasteiger partial charge in [0, 0.05) is 7.05 Å². The van der Waals surface area contributed by atoms with Gasteiger partial charge in [0.1, 0.15) is 5.82 Å². The number of nitrogens with one attached hydrogen (secondary N) is 1. The highest BCUT2D eigenvalue weighted by atomic mass is 19.1. The number of carbonyl (C=O) groups is 1. The molecule has 1 amide bonds. The van der Waals surface area contributed by atoms with Crippen molar-refractivity contribution in [3.05, 3.63) is 24.0 Å². The van der Waals surface area contributed by atoms with E-state index in [0.29, 0.717) is 24.6 Å². The van der Waals surface area contributed by atoms with E-state index in [4.69, 9.17) is 4.74 Å². The molecule has 0 aliphatic carbocycles. The molecule has 1 N–H and O–H groups in total. The Morgan fingerprint density at radius 1 is 1.47 bits per heavy atom. The summed E-state index contributed by atoms with van der Waals surface area (Å²) < 4.78 is 18.6. The van der Waals surface area contributed by atoms with E-state index in [1.165, 1.54) is 12.1 Å². The van der Waals surface area contributed by atoms with Gasteiger partial charge < -0.3 is 15.0 Å². The smallest absolute Gasteiger partial charge is 0.232 e. The zero-order valence-corrected chi connectivity index (χ0v) is 9.44. The van der Waals surface area contributed by atoms with Crippen molar-refractivity contribution < 1.29 is 13.9 Å². The van der Waals surface area contributed by atoms with Crippen molar-refractivity contribution >= 4 is 17.3 Å². The molecule has 2 aliphatic heterocycles. The Morgan fingerprint density at radius 3 is 3.12 bits per heavy atom. The van der Waals surface area contributed by atoms with Gasteiger partial charge in [-0.1, -0.05) is 0 Å². The minimum absolute atomic E-state index is 0.0157. The molecule has 1 saturated heterocycles. The van der Waals surface area contributed by atoms with Crippen LogP contribution in [0, 0.1) is 11.7 Å². The maximum atomic E-state index is 13.3. The molecule has 0 saturated carbocycles. The lowest BCUT2D eigenvalue weighted by molar-refractivity contribution is -0.120. The van der Waals surface area contributed by atoms with Gasteiger partial charge in [-0.2, -0.15) is 0 Å². The van der Waals surface area contributed by atoms with Crippen LogP contribution in [0.15, 0.2) is 18.2 Å². The number of hydrogen-bond acceptors (Lipinski definition) is 3. The van der Waals surface area contributed by atoms with Crippen LogP contribution in [0.1, 0.15) is 0 Å². The van der Waals surface area contributed by atoms with E-state index >= 15 is 0 Å². The van der Waals surface area contributed by atoms with Crippen LogP contribution in [0.5, 0.6) is 0 Å². The van der Waals surface area contributed by atoms with E-state index in [0.717, 1.165) is 0 Å². The second-order valence-corrected chi connectivity index (χ2v) is 4.47. The number of fused-ring (bicyclic) bond motifs is 2. The number of ether oxygens (including phenoxy) is 1. The Morgan fingerprint density at radius 2 is 2.29 bits per heavy atom. The predicted octanol–water partition coefficient (Wildman–Crippen LogP) is 1.23. The van der Waals surface area contributed by atoms with E-state index in [1.807, 2.05) is 11.9 Å². The maximum Gasteiger partial charge on any atom is 0.232 e. The van der Waals surface area contributed by atoms with Crippen LogP contribution in [0.4, 0.5) is 15.8 Å². The topological polar surface area (TPSA) is 41.6 Å². The predicted molar refractivity (Wildman–Crippen MR) is 61.5 cm³/mol. The molecule has 3 rings (SSSR count). The van der Waals surface area contributed by atoms with Crippen molar-refractivity contribution in [3.63, 3.8) is 0 Å². The number of amides is 1. The molecule has 2 atom stereocenters. The van der Waals surface area contributed by atoms with Gasteiger partial charge in [0.15, 0.2) is 0 Å². The molecule has 1 aromatic rings. The minimum atomic E-state index is -0.304. The fraction of sp³-hybridized carbons (Fsp3) is 0.417. The number of carbonyl (C=O) groups excluding carboxylic acids is 1. The number of hydrogen-bond donors (Lipinski definition) is 1. The number of likely N-dealkylation sites (N-methyl/N-ethyl adjacent to an activating group) is 1. The summed E-state index contributed by atoms with van der Waals surface area (Å²) in [6.45, 7) is 0.932. The molecule has 0 spiro atoms. The van der Waals surface area contributed by atoms with Crippen LogP contribution < -0.4 is 10.2 Å². The third-order valence-corrected chi connectivity index (χ3v) is 3.48. The van der Waals surface area contributed by atoms with E-state index in [-0.39, 0.29) is 23.7 Å². The summed E-state index contributed by atoms with van der Waals surface area (Å²) in [4.78, 5) is 13.9. The van der Waals surface area contributed by atoms with Gasteiger partial charge in [-0.3, -0.25) is 4.79 Å². The van der Waals surface area contributed by atoms with Crippen molar-refractivity contribution in [3.8, 4) is 0 Å². The molecule has 2 aliphatic rings. The van der Waals surface area contributed by atoms with Crippen molar-refractivity contribution in [2.45, 2.75) is 6.04 Å². The van der Waals surface area contributed by atoms with Crippen molar-refractivity contribution in [1.82, 2.24) is 0 Å². The summed E-state index contributed by atoms with van der Waals surface area (Å²) in [5.74, 6) is -0.539. The normalized spacial score (nSPS) is 27.2. The second kappa shape index (κ2) is 3.70. The molecule has 4 nitrogen and oxygen atoms in total. The molecular weight excluding hydrogens is 223 g/mol. The van der Waals surface area contributed by atoms with Crippen molar-refractivity contribution in [2.24, 2.45) is 5.92 Å². The molecule has 2 unspecified atom stereocenters. The highest BCUT2D eigenvalue weighted by Gasteiger charge is 2.39. The highest BCUT2D eigenvalue weighted by Crippen LogP contribution is 2.34. The molecule has 5 heteroatoms. The number of rotatable bonds is 0. The quantitative estimate of drug-likeness (QED) is 0.736. The molecule has 90 valence electrons. The first-order valence-corrected chi connectivity index (χ1v) is 5.58. The fourth-order valence-electron chi connectivity index (χ4n) is 2.48. The zero-order valence-electron chi connectivity index (χ0n) is 9.44. The van der Waals surface area contributed by atoms with Crippen LogP contribution >= 0.6 is 0 Å². The van der Waals surface area contributed by atoms with Gasteiger partial charge in [-0.15, -0.1) is 0 Å². The fourth-order valence-corrected chi connectivity index (χ4v) is 2.48. The van der Waals surface area contributed by atoms with E-state index in [1.54, 1.807) is 6.07 Å². The van der Waals surface area contributed by atoms with Crippen molar-refractivity contribution in [2.75, 3.05) is 30.5 Å². The number of nitrogens with zero attached hydrogens (tertiary/aromatic N) is 1. The number of halogens is 1. The van der Waals surface area contributed by atoms with Crippen LogP contribution in [-0.4, -0.2) is 32.2 Å². The Labute approximate surface area is 98.4 Å². The van der Waals surface area contributed by atoms with Crippen LogP contribution in [0.25, 0.3) is 0 Å². The summed E-state index contributed by atoms with van der Waals surface area (Å²) in [5.41, 5.74) is 1.37. The molecular formula is C12H13FN2O2. The zero-order chi connectivity index (χ0) is 12.0. The molecule has 2 heterocycles. The Balaban J connectivity index is 2.09. The first-order chi connectivity index (χ1) is 8.16. The Bertz CT molecular complexity index is 478. The highest BCUT2D eigenvalue weighted by molar-refractivity contribution is 5.98. The third kappa shape index (κ3) is 1.58. The lowest BCUT2D eigenvalue weighted by Gasteiger charge is -2.26. The molecule has 1 aromatic carbocycles. The van der Waals surface area contributed by atoms with Crippen LogP contribution in [-0.2, 0) is 9.53 Å². The molecule has 17 heavy (non-hydrogen) atoms. The number of benzene rings is 1. The second-order valence-electron chi connectivity index (χ2n) is 4.47. The van der Waals surface area contributed by atoms with Gasteiger partial charge in [-0.25, -0.2) is 4.39 Å². The standard InChI is InChI=1S/C12H13FN2O2/c1-15-10-4-7(13)2-3-9(10)14-12(16)8-5-17-6-11(8)15/h2-4,8,11H,5-6H2,1H3,(H,14,16). The van der Waals surface area contributed by atoms with Crippen molar-refractivity contribution in [1.29, 1.82) is 0 Å². The molecule has 0 radical (unpaired) electrons. The SMILES string of the molecule is CN1c2cc(F)ccc2NC(=O)C2COCC21. The summed E-state index contributed by atoms with van der Waals surface area (Å²) in [6, 6.07) is 4.38. The van der Waals surface area contributed by atoms with Crippen LogP contribution in [0.3, 0.4) is 0 Å². The molecule has 0 bridgehead atoms. The first-order valence-electron chi connectivity index (χ1n) is 5.58. The lowest BCUT2D eigenvalue weighted by Crippen LogP contribution is -2.40. The summed E-state index contributed by atoms with van der Waals surface area (Å²) in [7, 11) is 1.87. The van der Waals surface area contributed by atoms with E-state index in [2.05, 4.69) is 5.32 Å². The minimum Gasteiger partial charge on any atom is -0.378 e.